The molecule has 3 nitrogen and oxygen atoms in total. The normalized spacial score (nSPS) is 10.4. The van der Waals surface area contributed by atoms with Crippen LogP contribution in [0.2, 0.25) is 0 Å². The molecule has 1 aromatic rings. The third-order valence-electron chi connectivity index (χ3n) is 2.08. The molecular formula is C12H21N3S. The van der Waals surface area contributed by atoms with Crippen LogP contribution >= 0.6 is 11.8 Å². The van der Waals surface area contributed by atoms with Crippen LogP contribution in [0.5, 0.6) is 0 Å². The molecule has 4 heteroatoms. The fourth-order valence-electron chi connectivity index (χ4n) is 1.26. The summed E-state index contributed by atoms with van der Waals surface area (Å²) in [6, 6.07) is 2.05. The molecule has 1 N–H and O–H groups in total. The van der Waals surface area contributed by atoms with Gasteiger partial charge in [0.15, 0.2) is 0 Å². The summed E-state index contributed by atoms with van der Waals surface area (Å²) in [5.74, 6) is 3.01. The number of aryl methyl sites for hydroxylation is 1. The number of aromatic nitrogens is 2. The third-order valence-corrected chi connectivity index (χ3v) is 3.19. The SMILES string of the molecule is CCCNc1cc(SCCC)nc(CC)n1. The molecule has 0 radical (unpaired) electrons. The first-order valence-electron chi connectivity index (χ1n) is 6.04. The zero-order valence-corrected chi connectivity index (χ0v) is 11.2. The molecule has 0 saturated heterocycles. The Kier molecular flexibility index (Phi) is 6.23. The molecule has 1 heterocycles. The third kappa shape index (κ3) is 4.39. The summed E-state index contributed by atoms with van der Waals surface area (Å²) in [7, 11) is 0. The number of thioether (sulfide) groups is 1. The Labute approximate surface area is 102 Å². The number of nitrogens with one attached hydrogen (secondary N) is 1. The lowest BCUT2D eigenvalue weighted by atomic mass is 10.4. The largest absolute Gasteiger partial charge is 0.370 e. The average Bonchev–Trinajstić information content (AvgIpc) is 2.33. The van der Waals surface area contributed by atoms with Gasteiger partial charge in [-0.1, -0.05) is 20.8 Å². The maximum atomic E-state index is 4.51. The standard InChI is InChI=1S/C12H21N3S/c1-4-7-13-11-9-12(16-8-5-2)15-10(6-3)14-11/h9H,4-8H2,1-3H3,(H,13,14,15). The van der Waals surface area contributed by atoms with Crippen molar-refractivity contribution < 1.29 is 0 Å². The molecule has 0 atom stereocenters. The van der Waals surface area contributed by atoms with Crippen LogP contribution in [0.1, 0.15) is 39.4 Å². The summed E-state index contributed by atoms with van der Waals surface area (Å²) >= 11 is 1.81. The number of rotatable bonds is 7. The van der Waals surface area contributed by atoms with Crippen LogP contribution in [0, 0.1) is 0 Å². The summed E-state index contributed by atoms with van der Waals surface area (Å²) in [5, 5.41) is 4.41. The fraction of sp³-hybridized carbons (Fsp3) is 0.667. The van der Waals surface area contributed by atoms with E-state index in [4.69, 9.17) is 0 Å². The highest BCUT2D eigenvalue weighted by atomic mass is 32.2. The lowest BCUT2D eigenvalue weighted by Crippen LogP contribution is -2.05. The topological polar surface area (TPSA) is 37.8 Å². The molecule has 0 fully saturated rings. The maximum Gasteiger partial charge on any atom is 0.131 e. The predicted octanol–water partition coefficient (Wildman–Crippen LogP) is 3.36. The van der Waals surface area contributed by atoms with Crippen molar-refractivity contribution in [1.29, 1.82) is 0 Å². The number of hydrogen-bond donors (Lipinski definition) is 1. The second-order valence-corrected chi connectivity index (χ2v) is 4.75. The molecule has 1 rings (SSSR count). The van der Waals surface area contributed by atoms with Crippen LogP contribution in [0.4, 0.5) is 5.82 Å². The van der Waals surface area contributed by atoms with Gasteiger partial charge in [0.05, 0.1) is 0 Å². The molecular weight excluding hydrogens is 218 g/mol. The van der Waals surface area contributed by atoms with Gasteiger partial charge in [-0.2, -0.15) is 0 Å². The maximum absolute atomic E-state index is 4.51. The van der Waals surface area contributed by atoms with E-state index in [1.165, 1.54) is 6.42 Å². The van der Waals surface area contributed by atoms with Crippen molar-refractivity contribution in [2.75, 3.05) is 17.6 Å². The van der Waals surface area contributed by atoms with E-state index in [-0.39, 0.29) is 0 Å². The Hall–Kier alpha value is -0.770. The number of nitrogens with zero attached hydrogens (tertiary/aromatic N) is 2. The summed E-state index contributed by atoms with van der Waals surface area (Å²) in [4.78, 5) is 8.97. The van der Waals surface area contributed by atoms with E-state index in [1.54, 1.807) is 11.8 Å². The molecule has 1 aromatic heterocycles. The smallest absolute Gasteiger partial charge is 0.131 e. The van der Waals surface area contributed by atoms with Crippen LogP contribution in [-0.2, 0) is 6.42 Å². The first-order chi connectivity index (χ1) is 7.80. The minimum absolute atomic E-state index is 0.890. The van der Waals surface area contributed by atoms with Gasteiger partial charge in [-0.3, -0.25) is 0 Å². The minimum Gasteiger partial charge on any atom is -0.370 e. The van der Waals surface area contributed by atoms with E-state index < -0.39 is 0 Å². The van der Waals surface area contributed by atoms with Gasteiger partial charge in [-0.15, -0.1) is 11.8 Å². The van der Waals surface area contributed by atoms with Gasteiger partial charge < -0.3 is 5.32 Å². The quantitative estimate of drug-likeness (QED) is 0.585. The highest BCUT2D eigenvalue weighted by molar-refractivity contribution is 7.99. The summed E-state index contributed by atoms with van der Waals surface area (Å²) in [6.45, 7) is 7.40. The molecule has 0 amide bonds. The lowest BCUT2D eigenvalue weighted by Gasteiger charge is -2.08. The highest BCUT2D eigenvalue weighted by Gasteiger charge is 2.03. The van der Waals surface area contributed by atoms with Gasteiger partial charge in [0.25, 0.3) is 0 Å². The van der Waals surface area contributed by atoms with E-state index in [0.29, 0.717) is 0 Å². The molecule has 0 saturated carbocycles. The monoisotopic (exact) mass is 239 g/mol. The first-order valence-corrected chi connectivity index (χ1v) is 7.03. The molecule has 0 aliphatic carbocycles. The van der Waals surface area contributed by atoms with Crippen molar-refractivity contribution in [3.05, 3.63) is 11.9 Å². The summed E-state index contributed by atoms with van der Waals surface area (Å²) in [5.41, 5.74) is 0. The van der Waals surface area contributed by atoms with Crippen LogP contribution < -0.4 is 5.32 Å². The van der Waals surface area contributed by atoms with Crippen molar-refractivity contribution in [2.24, 2.45) is 0 Å². The average molecular weight is 239 g/mol. The molecule has 0 aliphatic rings. The van der Waals surface area contributed by atoms with Gasteiger partial charge >= 0.3 is 0 Å². The van der Waals surface area contributed by atoms with Gasteiger partial charge in [-0.25, -0.2) is 9.97 Å². The summed E-state index contributed by atoms with van der Waals surface area (Å²) in [6.07, 6.45) is 3.18. The second kappa shape index (κ2) is 7.49. The van der Waals surface area contributed by atoms with Gasteiger partial charge in [0, 0.05) is 19.0 Å². The fourth-order valence-corrected chi connectivity index (χ4v) is 2.03. The van der Waals surface area contributed by atoms with Crippen molar-refractivity contribution in [1.82, 2.24) is 9.97 Å². The number of hydrogen-bond acceptors (Lipinski definition) is 4. The van der Waals surface area contributed by atoms with E-state index in [1.807, 2.05) is 0 Å². The predicted molar refractivity (Wildman–Crippen MR) is 71.2 cm³/mol. The minimum atomic E-state index is 0.890. The zero-order chi connectivity index (χ0) is 11.8. The first kappa shape index (κ1) is 13.3. The lowest BCUT2D eigenvalue weighted by molar-refractivity contribution is 0.877. The Bertz CT molecular complexity index is 289. The molecule has 16 heavy (non-hydrogen) atoms. The Morgan fingerprint density at radius 3 is 2.62 bits per heavy atom. The van der Waals surface area contributed by atoms with E-state index in [9.17, 15) is 0 Å². The van der Waals surface area contributed by atoms with Crippen molar-refractivity contribution in [3.63, 3.8) is 0 Å². The molecule has 0 aromatic carbocycles. The van der Waals surface area contributed by atoms with Crippen molar-refractivity contribution in [2.45, 2.75) is 45.1 Å². The van der Waals surface area contributed by atoms with Crippen LogP contribution in [0.25, 0.3) is 0 Å². The molecule has 0 aliphatic heterocycles. The van der Waals surface area contributed by atoms with Crippen LogP contribution in [0.15, 0.2) is 11.1 Å². The summed E-state index contributed by atoms with van der Waals surface area (Å²) < 4.78 is 0. The molecule has 90 valence electrons. The number of anilines is 1. The van der Waals surface area contributed by atoms with Crippen molar-refractivity contribution in [3.8, 4) is 0 Å². The molecule has 0 bridgehead atoms. The van der Waals surface area contributed by atoms with Crippen molar-refractivity contribution >= 4 is 17.6 Å². The van der Waals surface area contributed by atoms with Gasteiger partial charge in [-0.05, 0) is 18.6 Å². The second-order valence-electron chi connectivity index (χ2n) is 3.64. The van der Waals surface area contributed by atoms with E-state index in [0.717, 1.165) is 41.8 Å². The Morgan fingerprint density at radius 1 is 1.19 bits per heavy atom. The van der Waals surface area contributed by atoms with E-state index >= 15 is 0 Å². The zero-order valence-electron chi connectivity index (χ0n) is 10.4. The Morgan fingerprint density at radius 2 is 2.00 bits per heavy atom. The highest BCUT2D eigenvalue weighted by Crippen LogP contribution is 2.19. The Balaban J connectivity index is 2.74. The van der Waals surface area contributed by atoms with Crippen LogP contribution in [0.3, 0.4) is 0 Å². The molecule has 0 unspecified atom stereocenters. The molecule has 0 spiro atoms. The van der Waals surface area contributed by atoms with Gasteiger partial charge in [0.2, 0.25) is 0 Å². The van der Waals surface area contributed by atoms with Crippen LogP contribution in [-0.4, -0.2) is 22.3 Å². The van der Waals surface area contributed by atoms with E-state index in [2.05, 4.69) is 42.1 Å². The van der Waals surface area contributed by atoms with Gasteiger partial charge in [0.1, 0.15) is 16.7 Å².